The molecule has 6 nitrogen and oxygen atoms in total. The molecule has 0 bridgehead atoms. The van der Waals surface area contributed by atoms with Gasteiger partial charge in [0.05, 0.1) is 4.88 Å². The van der Waals surface area contributed by atoms with Gasteiger partial charge in [-0.25, -0.2) is 0 Å². The smallest absolute Gasteiger partial charge is 0.254 e. The summed E-state index contributed by atoms with van der Waals surface area (Å²) in [4.78, 5) is 21.6. The molecule has 0 radical (unpaired) electrons. The van der Waals surface area contributed by atoms with Crippen molar-refractivity contribution in [2.75, 3.05) is 31.1 Å². The van der Waals surface area contributed by atoms with Gasteiger partial charge >= 0.3 is 0 Å². The molecule has 0 unspecified atom stereocenters. The third-order valence-corrected chi connectivity index (χ3v) is 5.47. The SMILES string of the molecule is N#Cc1nc(-c2cccs2)oc1N1CCN(C(=O)c2cccc(Cl)c2)CC1. The van der Waals surface area contributed by atoms with E-state index in [-0.39, 0.29) is 11.6 Å². The minimum atomic E-state index is -0.0468. The number of carbonyl (C=O) groups is 1. The number of nitriles is 1. The van der Waals surface area contributed by atoms with Gasteiger partial charge < -0.3 is 14.2 Å². The van der Waals surface area contributed by atoms with Crippen LogP contribution in [-0.4, -0.2) is 42.0 Å². The Balaban J connectivity index is 1.48. The highest BCUT2D eigenvalue weighted by Crippen LogP contribution is 2.31. The van der Waals surface area contributed by atoms with E-state index in [4.69, 9.17) is 16.0 Å². The average molecular weight is 399 g/mol. The van der Waals surface area contributed by atoms with E-state index >= 15 is 0 Å². The number of thiophene rings is 1. The van der Waals surface area contributed by atoms with E-state index in [0.29, 0.717) is 48.5 Å². The summed E-state index contributed by atoms with van der Waals surface area (Å²) in [5.74, 6) is 0.874. The van der Waals surface area contributed by atoms with Gasteiger partial charge in [0.2, 0.25) is 17.5 Å². The van der Waals surface area contributed by atoms with Gasteiger partial charge in [0.15, 0.2) is 0 Å². The van der Waals surface area contributed by atoms with Crippen molar-refractivity contribution < 1.29 is 9.21 Å². The fourth-order valence-corrected chi connectivity index (χ4v) is 3.86. The highest BCUT2D eigenvalue weighted by Gasteiger charge is 2.27. The first-order valence-corrected chi connectivity index (χ1v) is 9.66. The number of aromatic nitrogens is 1. The Hall–Kier alpha value is -2.82. The Bertz CT molecular complexity index is 1000. The van der Waals surface area contributed by atoms with Gasteiger partial charge in [0, 0.05) is 36.8 Å². The molecular weight excluding hydrogens is 384 g/mol. The summed E-state index contributed by atoms with van der Waals surface area (Å²) >= 11 is 7.49. The lowest BCUT2D eigenvalue weighted by atomic mass is 10.2. The summed E-state index contributed by atoms with van der Waals surface area (Å²) in [6.07, 6.45) is 0. The molecule has 136 valence electrons. The zero-order chi connectivity index (χ0) is 18.8. The lowest BCUT2D eigenvalue weighted by molar-refractivity contribution is 0.0745. The van der Waals surface area contributed by atoms with Crippen molar-refractivity contribution >= 4 is 34.7 Å². The normalized spacial score (nSPS) is 14.2. The fourth-order valence-electron chi connectivity index (χ4n) is 3.02. The Labute approximate surface area is 165 Å². The van der Waals surface area contributed by atoms with Crippen LogP contribution in [0, 0.1) is 11.3 Å². The number of halogens is 1. The maximum Gasteiger partial charge on any atom is 0.254 e. The van der Waals surface area contributed by atoms with E-state index in [2.05, 4.69) is 11.1 Å². The predicted octanol–water partition coefficient (Wildman–Crippen LogP) is 3.89. The van der Waals surface area contributed by atoms with Crippen molar-refractivity contribution in [3.8, 4) is 16.8 Å². The molecular formula is C19H15ClN4O2S. The van der Waals surface area contributed by atoms with Gasteiger partial charge in [0.25, 0.3) is 5.91 Å². The van der Waals surface area contributed by atoms with Crippen LogP contribution >= 0.6 is 22.9 Å². The van der Waals surface area contributed by atoms with Crippen LogP contribution in [-0.2, 0) is 0 Å². The van der Waals surface area contributed by atoms with E-state index in [1.165, 1.54) is 11.3 Å². The largest absolute Gasteiger partial charge is 0.418 e. The van der Waals surface area contributed by atoms with Crippen molar-refractivity contribution in [1.29, 1.82) is 5.26 Å². The second-order valence-electron chi connectivity index (χ2n) is 6.05. The highest BCUT2D eigenvalue weighted by molar-refractivity contribution is 7.13. The van der Waals surface area contributed by atoms with E-state index in [0.717, 1.165) is 4.88 Å². The van der Waals surface area contributed by atoms with E-state index in [1.54, 1.807) is 29.2 Å². The molecule has 1 aromatic carbocycles. The number of oxazole rings is 1. The molecule has 0 aliphatic carbocycles. The molecule has 1 aliphatic rings. The third-order valence-electron chi connectivity index (χ3n) is 4.37. The summed E-state index contributed by atoms with van der Waals surface area (Å²) < 4.78 is 5.87. The Morgan fingerprint density at radius 3 is 2.70 bits per heavy atom. The van der Waals surface area contributed by atoms with Crippen LogP contribution in [0.3, 0.4) is 0 Å². The molecule has 1 fully saturated rings. The Morgan fingerprint density at radius 1 is 1.22 bits per heavy atom. The molecule has 1 amide bonds. The first-order valence-electron chi connectivity index (χ1n) is 8.40. The molecule has 3 aromatic rings. The Morgan fingerprint density at radius 2 is 2.04 bits per heavy atom. The summed E-state index contributed by atoms with van der Waals surface area (Å²) in [7, 11) is 0. The first kappa shape index (κ1) is 17.6. The molecule has 2 aromatic heterocycles. The van der Waals surface area contributed by atoms with Crippen LogP contribution in [0.5, 0.6) is 0 Å². The second-order valence-corrected chi connectivity index (χ2v) is 7.44. The van der Waals surface area contributed by atoms with Gasteiger partial charge in [-0.1, -0.05) is 23.7 Å². The summed E-state index contributed by atoms with van der Waals surface area (Å²) in [6.45, 7) is 2.20. The molecule has 0 saturated carbocycles. The van der Waals surface area contributed by atoms with Crippen LogP contribution in [0.1, 0.15) is 16.1 Å². The molecule has 1 aliphatic heterocycles. The topological polar surface area (TPSA) is 73.4 Å². The number of rotatable bonds is 3. The quantitative estimate of drug-likeness (QED) is 0.669. The molecule has 27 heavy (non-hydrogen) atoms. The number of hydrogen-bond acceptors (Lipinski definition) is 6. The molecule has 0 N–H and O–H groups in total. The van der Waals surface area contributed by atoms with Crippen molar-refractivity contribution in [2.45, 2.75) is 0 Å². The van der Waals surface area contributed by atoms with E-state index in [9.17, 15) is 10.1 Å². The van der Waals surface area contributed by atoms with Crippen LogP contribution in [0.25, 0.3) is 10.8 Å². The van der Waals surface area contributed by atoms with Gasteiger partial charge in [-0.2, -0.15) is 10.2 Å². The summed E-state index contributed by atoms with van der Waals surface area (Å²) in [6, 6.07) is 12.9. The molecule has 4 rings (SSSR count). The average Bonchev–Trinajstić information content (AvgIpc) is 3.37. The number of nitrogens with zero attached hydrogens (tertiary/aromatic N) is 4. The molecule has 8 heteroatoms. The zero-order valence-corrected chi connectivity index (χ0v) is 15.8. The number of anilines is 1. The van der Waals surface area contributed by atoms with E-state index in [1.807, 2.05) is 22.4 Å². The third kappa shape index (κ3) is 3.54. The monoisotopic (exact) mass is 398 g/mol. The summed E-state index contributed by atoms with van der Waals surface area (Å²) in [5, 5.41) is 11.9. The minimum absolute atomic E-state index is 0.0468. The molecule has 0 spiro atoms. The second kappa shape index (κ2) is 7.43. The van der Waals surface area contributed by atoms with Crippen molar-refractivity contribution in [2.24, 2.45) is 0 Å². The van der Waals surface area contributed by atoms with E-state index < -0.39 is 0 Å². The van der Waals surface area contributed by atoms with Gasteiger partial charge in [-0.15, -0.1) is 11.3 Å². The van der Waals surface area contributed by atoms with Crippen LogP contribution in [0.2, 0.25) is 5.02 Å². The summed E-state index contributed by atoms with van der Waals surface area (Å²) in [5.41, 5.74) is 0.848. The van der Waals surface area contributed by atoms with Crippen LogP contribution < -0.4 is 4.90 Å². The maximum atomic E-state index is 12.6. The van der Waals surface area contributed by atoms with Gasteiger partial charge in [-0.05, 0) is 29.6 Å². The van der Waals surface area contributed by atoms with Crippen molar-refractivity contribution in [3.05, 3.63) is 58.1 Å². The lowest BCUT2D eigenvalue weighted by Crippen LogP contribution is -2.48. The van der Waals surface area contributed by atoms with Crippen LogP contribution in [0.15, 0.2) is 46.2 Å². The van der Waals surface area contributed by atoms with Crippen molar-refractivity contribution in [1.82, 2.24) is 9.88 Å². The van der Waals surface area contributed by atoms with Gasteiger partial charge in [0.1, 0.15) is 6.07 Å². The maximum absolute atomic E-state index is 12.6. The number of hydrogen-bond donors (Lipinski definition) is 0. The number of carbonyl (C=O) groups excluding carboxylic acids is 1. The zero-order valence-electron chi connectivity index (χ0n) is 14.3. The van der Waals surface area contributed by atoms with Crippen molar-refractivity contribution in [3.63, 3.8) is 0 Å². The fraction of sp³-hybridized carbons (Fsp3) is 0.211. The highest BCUT2D eigenvalue weighted by atomic mass is 35.5. The predicted molar refractivity (Wildman–Crippen MR) is 104 cm³/mol. The standard InChI is InChI=1S/C19H15ClN4O2S/c20-14-4-1-3-13(11-14)18(25)23-6-8-24(9-7-23)19-15(12-21)22-17(26-19)16-5-2-10-27-16/h1-5,10-11H,6-9H2. The molecule has 1 saturated heterocycles. The number of benzene rings is 1. The molecule has 3 heterocycles. The first-order chi connectivity index (χ1) is 13.2. The van der Waals surface area contributed by atoms with Crippen LogP contribution in [0.4, 0.5) is 5.88 Å². The molecule has 0 atom stereocenters. The number of amides is 1. The lowest BCUT2D eigenvalue weighted by Gasteiger charge is -2.34. The number of piperazine rings is 1. The van der Waals surface area contributed by atoms with Gasteiger partial charge in [-0.3, -0.25) is 4.79 Å². The Kier molecular flexibility index (Phi) is 4.84. The minimum Gasteiger partial charge on any atom is -0.418 e.